The molecule has 0 amide bonds. The molecule has 0 aliphatic rings. The first kappa shape index (κ1) is 14.1. The number of imidazole rings is 1. The van der Waals surface area contributed by atoms with Gasteiger partial charge in [-0.15, -0.1) is 11.6 Å². The highest BCUT2D eigenvalue weighted by Gasteiger charge is 2.18. The van der Waals surface area contributed by atoms with Gasteiger partial charge < -0.3 is 9.30 Å². The number of methoxy groups -OCH3 is 1. The maximum Gasteiger partial charge on any atom is 0.245 e. The maximum atomic E-state index is 6.22. The Bertz CT molecular complexity index is 553. The number of fused-ring (bicyclic) bond motifs is 1. The molecule has 6 heteroatoms. The standard InChI is InChI=1S/C13H19ClN4O/c1-4-5-6-7-18-11(9(2)14)17-10-12(18)15-8-16-13(10)19-3/h8-9H,4-7H2,1-3H3. The Morgan fingerprint density at radius 2 is 2.16 bits per heavy atom. The second kappa shape index (κ2) is 6.19. The molecule has 0 radical (unpaired) electrons. The van der Waals surface area contributed by atoms with E-state index in [1.807, 2.05) is 6.92 Å². The maximum absolute atomic E-state index is 6.22. The minimum Gasteiger partial charge on any atom is -0.479 e. The molecular weight excluding hydrogens is 264 g/mol. The largest absolute Gasteiger partial charge is 0.479 e. The third kappa shape index (κ3) is 2.81. The van der Waals surface area contributed by atoms with Crippen LogP contribution in [-0.2, 0) is 6.54 Å². The molecule has 0 aliphatic heterocycles. The average molecular weight is 283 g/mol. The van der Waals surface area contributed by atoms with Crippen molar-refractivity contribution in [3.63, 3.8) is 0 Å². The van der Waals surface area contributed by atoms with Gasteiger partial charge in [0.15, 0.2) is 11.2 Å². The number of alkyl halides is 1. The fourth-order valence-electron chi connectivity index (χ4n) is 2.13. The molecule has 0 saturated carbocycles. The van der Waals surface area contributed by atoms with Crippen LogP contribution in [0.3, 0.4) is 0 Å². The fourth-order valence-corrected chi connectivity index (χ4v) is 2.29. The van der Waals surface area contributed by atoms with Crippen LogP contribution in [-0.4, -0.2) is 26.6 Å². The van der Waals surface area contributed by atoms with Gasteiger partial charge in [0.1, 0.15) is 12.2 Å². The lowest BCUT2D eigenvalue weighted by atomic mass is 10.2. The third-order valence-corrected chi connectivity index (χ3v) is 3.26. The summed E-state index contributed by atoms with van der Waals surface area (Å²) in [4.78, 5) is 12.9. The Labute approximate surface area is 118 Å². The number of hydrogen-bond donors (Lipinski definition) is 0. The summed E-state index contributed by atoms with van der Waals surface area (Å²) in [6, 6.07) is 0. The smallest absolute Gasteiger partial charge is 0.245 e. The van der Waals surface area contributed by atoms with Gasteiger partial charge in [-0.3, -0.25) is 0 Å². The highest BCUT2D eigenvalue weighted by Crippen LogP contribution is 2.27. The zero-order valence-corrected chi connectivity index (χ0v) is 12.3. The van der Waals surface area contributed by atoms with Gasteiger partial charge >= 0.3 is 0 Å². The number of aryl methyl sites for hydroxylation is 1. The minimum absolute atomic E-state index is 0.166. The summed E-state index contributed by atoms with van der Waals surface area (Å²) in [5.41, 5.74) is 1.48. The van der Waals surface area contributed by atoms with Crippen LogP contribution in [0, 0.1) is 0 Å². The van der Waals surface area contributed by atoms with E-state index in [2.05, 4.69) is 26.4 Å². The molecule has 2 heterocycles. The van der Waals surface area contributed by atoms with Crippen LogP contribution in [0.15, 0.2) is 6.33 Å². The lowest BCUT2D eigenvalue weighted by molar-refractivity contribution is 0.401. The van der Waals surface area contributed by atoms with Gasteiger partial charge in [0.05, 0.1) is 12.5 Å². The molecule has 0 N–H and O–H groups in total. The molecule has 0 aromatic carbocycles. The van der Waals surface area contributed by atoms with Crippen molar-refractivity contribution in [3.05, 3.63) is 12.2 Å². The number of rotatable bonds is 6. The van der Waals surface area contributed by atoms with Crippen LogP contribution in [0.1, 0.15) is 44.3 Å². The highest BCUT2D eigenvalue weighted by atomic mass is 35.5. The SMILES string of the molecule is CCCCCn1c(C(C)Cl)nc2c(OC)ncnc21. The molecule has 1 atom stereocenters. The fraction of sp³-hybridized carbons (Fsp3) is 0.615. The molecule has 2 aromatic heterocycles. The summed E-state index contributed by atoms with van der Waals surface area (Å²) in [5.74, 6) is 1.32. The molecule has 1 unspecified atom stereocenters. The van der Waals surface area contributed by atoms with E-state index in [0.29, 0.717) is 11.4 Å². The molecule has 5 nitrogen and oxygen atoms in total. The minimum atomic E-state index is -0.166. The van der Waals surface area contributed by atoms with Gasteiger partial charge in [-0.1, -0.05) is 19.8 Å². The van der Waals surface area contributed by atoms with Crippen LogP contribution in [0.2, 0.25) is 0 Å². The summed E-state index contributed by atoms with van der Waals surface area (Å²) in [7, 11) is 1.58. The number of hydrogen-bond acceptors (Lipinski definition) is 4. The second-order valence-electron chi connectivity index (χ2n) is 4.50. The van der Waals surface area contributed by atoms with Crippen molar-refractivity contribution in [2.75, 3.05) is 7.11 Å². The van der Waals surface area contributed by atoms with Crippen molar-refractivity contribution in [1.82, 2.24) is 19.5 Å². The summed E-state index contributed by atoms with van der Waals surface area (Å²) >= 11 is 6.22. The monoisotopic (exact) mass is 282 g/mol. The molecule has 0 bridgehead atoms. The molecule has 2 rings (SSSR count). The molecule has 2 aromatic rings. The lowest BCUT2D eigenvalue weighted by Crippen LogP contribution is -2.05. The van der Waals surface area contributed by atoms with E-state index < -0.39 is 0 Å². The highest BCUT2D eigenvalue weighted by molar-refractivity contribution is 6.20. The first-order chi connectivity index (χ1) is 9.19. The lowest BCUT2D eigenvalue weighted by Gasteiger charge is -2.09. The van der Waals surface area contributed by atoms with Gasteiger partial charge in [0.25, 0.3) is 0 Å². The molecule has 104 valence electrons. The van der Waals surface area contributed by atoms with Crippen LogP contribution >= 0.6 is 11.6 Å². The van der Waals surface area contributed by atoms with Gasteiger partial charge in [-0.2, -0.15) is 4.98 Å². The summed E-state index contributed by atoms with van der Waals surface area (Å²) in [5, 5.41) is -0.166. The summed E-state index contributed by atoms with van der Waals surface area (Å²) < 4.78 is 7.31. The van der Waals surface area contributed by atoms with Crippen molar-refractivity contribution >= 4 is 22.8 Å². The Morgan fingerprint density at radius 1 is 1.37 bits per heavy atom. The van der Waals surface area contributed by atoms with E-state index in [0.717, 1.165) is 24.4 Å². The van der Waals surface area contributed by atoms with Gasteiger partial charge in [-0.05, 0) is 13.3 Å². The number of nitrogens with zero attached hydrogens (tertiary/aromatic N) is 4. The van der Waals surface area contributed by atoms with Crippen molar-refractivity contribution < 1.29 is 4.74 Å². The van der Waals surface area contributed by atoms with E-state index in [9.17, 15) is 0 Å². The number of aromatic nitrogens is 4. The van der Waals surface area contributed by atoms with Crippen LogP contribution in [0.5, 0.6) is 5.88 Å². The van der Waals surface area contributed by atoms with Gasteiger partial charge in [0.2, 0.25) is 5.88 Å². The van der Waals surface area contributed by atoms with Crippen molar-refractivity contribution in [2.45, 2.75) is 45.0 Å². The van der Waals surface area contributed by atoms with E-state index in [1.54, 1.807) is 7.11 Å². The zero-order valence-electron chi connectivity index (χ0n) is 11.6. The molecule has 19 heavy (non-hydrogen) atoms. The van der Waals surface area contributed by atoms with E-state index in [4.69, 9.17) is 16.3 Å². The zero-order chi connectivity index (χ0) is 13.8. The number of halogens is 1. The predicted octanol–water partition coefficient (Wildman–Crippen LogP) is 3.32. The van der Waals surface area contributed by atoms with Gasteiger partial charge in [0, 0.05) is 6.54 Å². The van der Waals surface area contributed by atoms with Crippen molar-refractivity contribution in [1.29, 1.82) is 0 Å². The Kier molecular flexibility index (Phi) is 4.58. The molecule has 0 aliphatic carbocycles. The van der Waals surface area contributed by atoms with Crippen LogP contribution in [0.4, 0.5) is 0 Å². The number of ether oxygens (including phenoxy) is 1. The van der Waals surface area contributed by atoms with Crippen LogP contribution < -0.4 is 4.74 Å². The number of unbranched alkanes of at least 4 members (excludes halogenated alkanes) is 2. The quantitative estimate of drug-likeness (QED) is 0.602. The molecule has 0 spiro atoms. The van der Waals surface area contributed by atoms with E-state index in [-0.39, 0.29) is 5.38 Å². The average Bonchev–Trinajstić information content (AvgIpc) is 2.78. The Balaban J connectivity index is 2.48. The van der Waals surface area contributed by atoms with E-state index in [1.165, 1.54) is 19.2 Å². The first-order valence-corrected chi connectivity index (χ1v) is 7.01. The predicted molar refractivity (Wildman–Crippen MR) is 75.7 cm³/mol. The third-order valence-electron chi connectivity index (χ3n) is 3.06. The molecule has 0 saturated heterocycles. The normalized spacial score (nSPS) is 12.8. The summed E-state index contributed by atoms with van der Waals surface area (Å²) in [6.07, 6.45) is 4.95. The molecular formula is C13H19ClN4O. The van der Waals surface area contributed by atoms with Gasteiger partial charge in [-0.25, -0.2) is 9.97 Å². The Hall–Kier alpha value is -1.36. The second-order valence-corrected chi connectivity index (χ2v) is 5.15. The van der Waals surface area contributed by atoms with Crippen LogP contribution in [0.25, 0.3) is 11.2 Å². The first-order valence-electron chi connectivity index (χ1n) is 6.58. The molecule has 0 fully saturated rings. The summed E-state index contributed by atoms with van der Waals surface area (Å²) in [6.45, 7) is 4.97. The van der Waals surface area contributed by atoms with Crippen molar-refractivity contribution in [3.8, 4) is 5.88 Å². The topological polar surface area (TPSA) is 52.8 Å². The Morgan fingerprint density at radius 3 is 2.79 bits per heavy atom. The van der Waals surface area contributed by atoms with Crippen molar-refractivity contribution in [2.24, 2.45) is 0 Å². The van der Waals surface area contributed by atoms with E-state index >= 15 is 0 Å².